The molecule has 106 valence electrons. The summed E-state index contributed by atoms with van der Waals surface area (Å²) in [6, 6.07) is 0. The fourth-order valence-corrected chi connectivity index (χ4v) is 1.30. The number of Topliss-reactive ketones (excluding diaryl/α,β-unsaturated/α-hetero) is 2. The Hall–Kier alpha value is -0.860. The molecule has 0 spiro atoms. The lowest BCUT2D eigenvalue weighted by molar-refractivity contribution is -0.154. The van der Waals surface area contributed by atoms with Crippen LogP contribution in [0.3, 0.4) is 0 Å². The normalized spacial score (nSPS) is 17.9. The number of hydrogen-bond acceptors (Lipinski definition) is 7. The number of aliphatic hydroxyl groups excluding tert-OH is 5. The van der Waals surface area contributed by atoms with Crippen LogP contribution in [0.25, 0.3) is 0 Å². The summed E-state index contributed by atoms with van der Waals surface area (Å²) in [5, 5.41) is 45.7. The van der Waals surface area contributed by atoms with Gasteiger partial charge in [-0.2, -0.15) is 0 Å². The highest BCUT2D eigenvalue weighted by Crippen LogP contribution is 2.08. The first-order valence-electron chi connectivity index (χ1n) is 5.76. The zero-order valence-electron chi connectivity index (χ0n) is 10.2. The number of ketones is 2. The summed E-state index contributed by atoms with van der Waals surface area (Å²) in [4.78, 5) is 22.7. The predicted octanol–water partition coefficient (Wildman–Crippen LogP) is -2.25. The molecule has 0 aromatic heterocycles. The van der Waals surface area contributed by atoms with Gasteiger partial charge in [0.1, 0.15) is 24.4 Å². The van der Waals surface area contributed by atoms with Crippen molar-refractivity contribution in [1.29, 1.82) is 0 Å². The maximum atomic E-state index is 11.4. The Bertz CT molecular complexity index is 279. The van der Waals surface area contributed by atoms with E-state index in [4.69, 9.17) is 10.2 Å². The molecule has 18 heavy (non-hydrogen) atoms. The molecule has 0 heterocycles. The SMILES string of the molecule is CCCCC(=O)C(=O)[C@H](O)[C@@H](O)[C@H](O)[C@H](O)CO. The summed E-state index contributed by atoms with van der Waals surface area (Å²) in [6.07, 6.45) is -6.60. The van der Waals surface area contributed by atoms with Crippen LogP contribution in [0.1, 0.15) is 26.2 Å². The van der Waals surface area contributed by atoms with E-state index in [0.29, 0.717) is 12.8 Å². The van der Waals surface area contributed by atoms with Gasteiger partial charge in [-0.1, -0.05) is 13.3 Å². The predicted molar refractivity (Wildman–Crippen MR) is 60.7 cm³/mol. The summed E-state index contributed by atoms with van der Waals surface area (Å²) in [6.45, 7) is 0.979. The summed E-state index contributed by atoms with van der Waals surface area (Å²) in [5.74, 6) is -2.05. The van der Waals surface area contributed by atoms with Crippen LogP contribution < -0.4 is 0 Å². The van der Waals surface area contributed by atoms with Crippen LogP contribution in [-0.4, -0.2) is 68.1 Å². The van der Waals surface area contributed by atoms with Gasteiger partial charge in [0.25, 0.3) is 0 Å². The number of aliphatic hydroxyl groups is 5. The lowest BCUT2D eigenvalue weighted by Gasteiger charge is -2.24. The molecule has 7 heteroatoms. The Morgan fingerprint density at radius 2 is 1.61 bits per heavy atom. The van der Waals surface area contributed by atoms with E-state index in [0.717, 1.165) is 0 Å². The molecular formula is C11H20O7. The standard InChI is InChI=1S/C11H20O7/c1-2-3-4-6(13)8(15)10(17)11(18)9(16)7(14)5-12/h7,9-12,14,16-18H,2-5H2,1H3/t7-,9-,10+,11+/m1/s1. The molecule has 0 rings (SSSR count). The van der Waals surface area contributed by atoms with E-state index in [1.807, 2.05) is 6.92 Å². The molecule has 0 aliphatic rings. The van der Waals surface area contributed by atoms with Crippen molar-refractivity contribution in [3.63, 3.8) is 0 Å². The highest BCUT2D eigenvalue weighted by Gasteiger charge is 2.36. The van der Waals surface area contributed by atoms with Crippen molar-refractivity contribution in [3.8, 4) is 0 Å². The maximum Gasteiger partial charge on any atom is 0.229 e. The van der Waals surface area contributed by atoms with E-state index in [-0.39, 0.29) is 6.42 Å². The topological polar surface area (TPSA) is 135 Å². The Balaban J connectivity index is 4.48. The Kier molecular flexibility index (Phi) is 7.88. The number of carbonyl (C=O) groups excluding carboxylic acids is 2. The third kappa shape index (κ3) is 4.79. The average Bonchev–Trinajstić information content (AvgIpc) is 2.40. The third-order valence-electron chi connectivity index (χ3n) is 2.56. The molecule has 0 saturated heterocycles. The maximum absolute atomic E-state index is 11.4. The minimum absolute atomic E-state index is 0.0439. The molecule has 0 aliphatic heterocycles. The summed E-state index contributed by atoms with van der Waals surface area (Å²) >= 11 is 0. The third-order valence-corrected chi connectivity index (χ3v) is 2.56. The van der Waals surface area contributed by atoms with Gasteiger partial charge < -0.3 is 25.5 Å². The van der Waals surface area contributed by atoms with Crippen LogP contribution in [0.4, 0.5) is 0 Å². The van der Waals surface area contributed by atoms with Gasteiger partial charge in [-0.15, -0.1) is 0 Å². The monoisotopic (exact) mass is 264 g/mol. The molecule has 5 N–H and O–H groups in total. The fraction of sp³-hybridized carbons (Fsp3) is 0.818. The van der Waals surface area contributed by atoms with Crippen LogP contribution >= 0.6 is 0 Å². The molecular weight excluding hydrogens is 244 g/mol. The number of carbonyl (C=O) groups is 2. The first-order valence-corrected chi connectivity index (χ1v) is 5.76. The second-order valence-electron chi connectivity index (χ2n) is 4.07. The molecule has 7 nitrogen and oxygen atoms in total. The minimum Gasteiger partial charge on any atom is -0.394 e. The summed E-state index contributed by atoms with van der Waals surface area (Å²) in [7, 11) is 0. The van der Waals surface area contributed by atoms with E-state index in [9.17, 15) is 24.9 Å². The van der Waals surface area contributed by atoms with Crippen LogP contribution in [0.2, 0.25) is 0 Å². The quantitative estimate of drug-likeness (QED) is 0.297. The zero-order valence-corrected chi connectivity index (χ0v) is 10.2. The number of unbranched alkanes of at least 4 members (excludes halogenated alkanes) is 1. The molecule has 0 fully saturated rings. The van der Waals surface area contributed by atoms with Crippen LogP contribution in [-0.2, 0) is 9.59 Å². The largest absolute Gasteiger partial charge is 0.394 e. The lowest BCUT2D eigenvalue weighted by atomic mass is 9.97. The van der Waals surface area contributed by atoms with Crippen molar-refractivity contribution >= 4 is 11.6 Å². The zero-order chi connectivity index (χ0) is 14.3. The van der Waals surface area contributed by atoms with Crippen molar-refractivity contribution < 1.29 is 35.1 Å². The van der Waals surface area contributed by atoms with Gasteiger partial charge in [0.05, 0.1) is 6.61 Å². The first-order chi connectivity index (χ1) is 8.36. The molecule has 0 aromatic carbocycles. The Morgan fingerprint density at radius 1 is 1.06 bits per heavy atom. The first kappa shape index (κ1) is 17.1. The van der Waals surface area contributed by atoms with Crippen molar-refractivity contribution in [3.05, 3.63) is 0 Å². The van der Waals surface area contributed by atoms with Crippen molar-refractivity contribution in [2.75, 3.05) is 6.61 Å². The minimum atomic E-state index is -2.11. The molecule has 0 amide bonds. The van der Waals surface area contributed by atoms with Gasteiger partial charge >= 0.3 is 0 Å². The Morgan fingerprint density at radius 3 is 2.06 bits per heavy atom. The second kappa shape index (κ2) is 8.28. The van der Waals surface area contributed by atoms with Crippen molar-refractivity contribution in [1.82, 2.24) is 0 Å². The van der Waals surface area contributed by atoms with Gasteiger partial charge in [-0.05, 0) is 6.42 Å². The van der Waals surface area contributed by atoms with Crippen LogP contribution in [0, 0.1) is 0 Å². The van der Waals surface area contributed by atoms with Gasteiger partial charge in [0.2, 0.25) is 11.6 Å². The molecule has 0 radical (unpaired) electrons. The number of hydrogen-bond donors (Lipinski definition) is 5. The van der Waals surface area contributed by atoms with Crippen LogP contribution in [0.15, 0.2) is 0 Å². The summed E-state index contributed by atoms with van der Waals surface area (Å²) in [5.41, 5.74) is 0. The van der Waals surface area contributed by atoms with E-state index in [1.54, 1.807) is 0 Å². The number of rotatable bonds is 9. The molecule has 0 bridgehead atoms. The second-order valence-corrected chi connectivity index (χ2v) is 4.07. The molecule has 0 aromatic rings. The van der Waals surface area contributed by atoms with E-state index < -0.39 is 42.6 Å². The highest BCUT2D eigenvalue weighted by molar-refractivity contribution is 6.38. The smallest absolute Gasteiger partial charge is 0.229 e. The molecule has 0 saturated carbocycles. The van der Waals surface area contributed by atoms with Crippen LogP contribution in [0.5, 0.6) is 0 Å². The highest BCUT2D eigenvalue weighted by atomic mass is 16.4. The van der Waals surface area contributed by atoms with E-state index in [2.05, 4.69) is 0 Å². The van der Waals surface area contributed by atoms with Gasteiger partial charge in [0.15, 0.2) is 0 Å². The van der Waals surface area contributed by atoms with E-state index >= 15 is 0 Å². The van der Waals surface area contributed by atoms with E-state index in [1.165, 1.54) is 0 Å². The van der Waals surface area contributed by atoms with Gasteiger partial charge in [-0.25, -0.2) is 0 Å². The Labute approximate surface area is 105 Å². The van der Waals surface area contributed by atoms with Crippen molar-refractivity contribution in [2.24, 2.45) is 0 Å². The molecule has 0 aliphatic carbocycles. The average molecular weight is 264 g/mol. The summed E-state index contributed by atoms with van der Waals surface area (Å²) < 4.78 is 0. The lowest BCUT2D eigenvalue weighted by Crippen LogP contribution is -2.50. The fourth-order valence-electron chi connectivity index (χ4n) is 1.30. The molecule has 0 unspecified atom stereocenters. The molecule has 4 atom stereocenters. The van der Waals surface area contributed by atoms with Crippen molar-refractivity contribution in [2.45, 2.75) is 50.6 Å². The van der Waals surface area contributed by atoms with Gasteiger partial charge in [-0.3, -0.25) is 9.59 Å². The van der Waals surface area contributed by atoms with Gasteiger partial charge in [0, 0.05) is 6.42 Å².